The van der Waals surface area contributed by atoms with E-state index < -0.39 is 0 Å². The van der Waals surface area contributed by atoms with E-state index in [1.54, 1.807) is 0 Å². The van der Waals surface area contributed by atoms with E-state index in [1.165, 1.54) is 11.1 Å². The zero-order valence-corrected chi connectivity index (χ0v) is 17.2. The van der Waals surface area contributed by atoms with Gasteiger partial charge in [0, 0.05) is 30.9 Å². The summed E-state index contributed by atoms with van der Waals surface area (Å²) in [4.78, 5) is 26.9. The summed E-state index contributed by atoms with van der Waals surface area (Å²) < 4.78 is 0. The summed E-state index contributed by atoms with van der Waals surface area (Å²) in [5.41, 5.74) is 4.47. The van der Waals surface area contributed by atoms with Crippen LogP contribution in [0.4, 0.5) is 5.95 Å². The van der Waals surface area contributed by atoms with Crippen LogP contribution in [0.3, 0.4) is 0 Å². The highest BCUT2D eigenvalue weighted by Gasteiger charge is 2.41. The Labute approximate surface area is 167 Å². The van der Waals surface area contributed by atoms with Gasteiger partial charge in [0.05, 0.1) is 12.1 Å². The minimum absolute atomic E-state index is 0.234. The Balaban J connectivity index is 1.63. The van der Waals surface area contributed by atoms with E-state index in [2.05, 4.69) is 41.0 Å². The number of rotatable bonds is 3. The van der Waals surface area contributed by atoms with Gasteiger partial charge < -0.3 is 9.80 Å². The fourth-order valence-corrected chi connectivity index (χ4v) is 4.80. The first-order valence-electron chi connectivity index (χ1n) is 10.5. The summed E-state index contributed by atoms with van der Waals surface area (Å²) in [6, 6.07) is 11.1. The third-order valence-electron chi connectivity index (χ3n) is 6.03. The normalized spacial score (nSPS) is 22.8. The zero-order chi connectivity index (χ0) is 19.7. The van der Waals surface area contributed by atoms with Gasteiger partial charge in [-0.15, -0.1) is 0 Å². The molecule has 0 unspecified atom stereocenters. The lowest BCUT2D eigenvalue weighted by Gasteiger charge is -2.37. The average Bonchev–Trinajstić information content (AvgIpc) is 3.04. The lowest BCUT2D eigenvalue weighted by molar-refractivity contribution is -0.135. The lowest BCUT2D eigenvalue weighted by atomic mass is 9.96. The highest BCUT2D eigenvalue weighted by molar-refractivity contribution is 5.77. The molecule has 148 valence electrons. The number of aromatic nitrogens is 2. The Hall–Kier alpha value is -2.43. The molecule has 3 heterocycles. The molecule has 0 radical (unpaired) electrons. The summed E-state index contributed by atoms with van der Waals surface area (Å²) in [7, 11) is 0. The number of fused-ring (bicyclic) bond motifs is 1. The summed E-state index contributed by atoms with van der Waals surface area (Å²) >= 11 is 0. The van der Waals surface area contributed by atoms with E-state index in [-0.39, 0.29) is 6.04 Å². The van der Waals surface area contributed by atoms with Crippen molar-refractivity contribution in [3.05, 3.63) is 52.8 Å². The van der Waals surface area contributed by atoms with Crippen molar-refractivity contribution >= 4 is 11.9 Å². The molecule has 1 aromatic carbocycles. The maximum absolute atomic E-state index is 13.0. The first-order valence-corrected chi connectivity index (χ1v) is 10.5. The molecule has 5 nitrogen and oxygen atoms in total. The SMILES string of the molecule is Cc1cccc(CN2C(=O)CCCC[C@@H]3[C@@H]2CCN3c2nc(C)cc(C)n2)c1. The molecule has 2 aromatic rings. The molecule has 2 fully saturated rings. The number of hydrogen-bond donors (Lipinski definition) is 0. The minimum Gasteiger partial charge on any atom is -0.336 e. The van der Waals surface area contributed by atoms with Crippen molar-refractivity contribution in [3.8, 4) is 0 Å². The maximum atomic E-state index is 13.0. The fourth-order valence-electron chi connectivity index (χ4n) is 4.80. The van der Waals surface area contributed by atoms with Crippen LogP contribution in [0.5, 0.6) is 0 Å². The third-order valence-corrected chi connectivity index (χ3v) is 6.03. The fraction of sp³-hybridized carbons (Fsp3) is 0.522. The summed E-state index contributed by atoms with van der Waals surface area (Å²) in [5.74, 6) is 1.12. The van der Waals surface area contributed by atoms with E-state index in [4.69, 9.17) is 9.97 Å². The molecular formula is C23H30N4O. The number of aryl methyl sites for hydroxylation is 3. The number of benzene rings is 1. The lowest BCUT2D eigenvalue weighted by Crippen LogP contribution is -2.49. The number of nitrogens with zero attached hydrogens (tertiary/aromatic N) is 4. The smallest absolute Gasteiger partial charge is 0.226 e. The van der Waals surface area contributed by atoms with Crippen molar-refractivity contribution in [3.63, 3.8) is 0 Å². The summed E-state index contributed by atoms with van der Waals surface area (Å²) in [6.07, 6.45) is 4.80. The topological polar surface area (TPSA) is 49.3 Å². The molecule has 0 spiro atoms. The minimum atomic E-state index is 0.234. The van der Waals surface area contributed by atoms with Crippen molar-refractivity contribution in [1.82, 2.24) is 14.9 Å². The van der Waals surface area contributed by atoms with Crippen LogP contribution >= 0.6 is 0 Å². The van der Waals surface area contributed by atoms with Crippen LogP contribution in [0.2, 0.25) is 0 Å². The average molecular weight is 379 g/mol. The van der Waals surface area contributed by atoms with Crippen LogP contribution in [-0.2, 0) is 11.3 Å². The van der Waals surface area contributed by atoms with Gasteiger partial charge in [0.15, 0.2) is 0 Å². The van der Waals surface area contributed by atoms with Crippen LogP contribution in [-0.4, -0.2) is 39.4 Å². The van der Waals surface area contributed by atoms with Crippen LogP contribution < -0.4 is 4.90 Å². The van der Waals surface area contributed by atoms with Crippen LogP contribution in [0, 0.1) is 20.8 Å². The van der Waals surface area contributed by atoms with Gasteiger partial charge >= 0.3 is 0 Å². The summed E-state index contributed by atoms with van der Waals surface area (Å²) in [6.45, 7) is 7.77. The van der Waals surface area contributed by atoms with E-state index in [9.17, 15) is 4.79 Å². The molecule has 0 saturated carbocycles. The molecule has 2 atom stereocenters. The van der Waals surface area contributed by atoms with Gasteiger partial charge in [-0.1, -0.05) is 36.2 Å². The second-order valence-corrected chi connectivity index (χ2v) is 8.32. The van der Waals surface area contributed by atoms with Gasteiger partial charge in [-0.2, -0.15) is 0 Å². The van der Waals surface area contributed by atoms with E-state index in [1.807, 2.05) is 19.9 Å². The number of anilines is 1. The quantitative estimate of drug-likeness (QED) is 0.811. The van der Waals surface area contributed by atoms with E-state index >= 15 is 0 Å². The Kier molecular flexibility index (Phi) is 5.33. The van der Waals surface area contributed by atoms with Crippen molar-refractivity contribution in [2.75, 3.05) is 11.4 Å². The Morgan fingerprint density at radius 1 is 1.00 bits per heavy atom. The Morgan fingerprint density at radius 3 is 2.54 bits per heavy atom. The standard InChI is InChI=1S/C23H30N4O/c1-16-7-6-8-19(13-16)15-27-21-11-12-26(20(21)9-4-5-10-22(27)28)23-24-17(2)14-18(3)25-23/h6-8,13-14,20-21H,4-5,9-12,15H2,1-3H3/t20-,21+/m1/s1. The van der Waals surface area contributed by atoms with Gasteiger partial charge in [-0.25, -0.2) is 9.97 Å². The van der Waals surface area contributed by atoms with Crippen LogP contribution in [0.15, 0.2) is 30.3 Å². The molecule has 1 amide bonds. The van der Waals surface area contributed by atoms with Gasteiger partial charge in [-0.05, 0) is 51.7 Å². The Morgan fingerprint density at radius 2 is 1.79 bits per heavy atom. The number of amides is 1. The van der Waals surface area contributed by atoms with Gasteiger partial charge in [-0.3, -0.25) is 4.79 Å². The molecule has 2 saturated heterocycles. The molecule has 0 aliphatic carbocycles. The Bertz CT molecular complexity index is 845. The van der Waals surface area contributed by atoms with Crippen LogP contribution in [0.25, 0.3) is 0 Å². The van der Waals surface area contributed by atoms with E-state index in [0.717, 1.165) is 49.6 Å². The van der Waals surface area contributed by atoms with Crippen LogP contribution in [0.1, 0.15) is 54.6 Å². The van der Waals surface area contributed by atoms with E-state index in [0.29, 0.717) is 24.9 Å². The van der Waals surface area contributed by atoms with Gasteiger partial charge in [0.1, 0.15) is 0 Å². The zero-order valence-electron chi connectivity index (χ0n) is 17.2. The first kappa shape index (κ1) is 18.9. The second-order valence-electron chi connectivity index (χ2n) is 8.32. The molecule has 0 N–H and O–H groups in total. The third kappa shape index (κ3) is 3.89. The molecule has 0 bridgehead atoms. The van der Waals surface area contributed by atoms with Crippen molar-refractivity contribution in [1.29, 1.82) is 0 Å². The number of hydrogen-bond acceptors (Lipinski definition) is 4. The van der Waals surface area contributed by atoms with Gasteiger partial charge in [0.25, 0.3) is 0 Å². The first-order chi connectivity index (χ1) is 13.5. The molecular weight excluding hydrogens is 348 g/mol. The monoisotopic (exact) mass is 378 g/mol. The number of carbonyl (C=O) groups is 1. The summed E-state index contributed by atoms with van der Waals surface area (Å²) in [5, 5.41) is 0. The predicted octanol–water partition coefficient (Wildman–Crippen LogP) is 3.95. The molecule has 4 rings (SSSR count). The van der Waals surface area contributed by atoms with Crippen molar-refractivity contribution in [2.24, 2.45) is 0 Å². The number of likely N-dealkylation sites (tertiary alicyclic amines) is 1. The second kappa shape index (κ2) is 7.90. The molecule has 2 aliphatic heterocycles. The van der Waals surface area contributed by atoms with Gasteiger partial charge in [0.2, 0.25) is 11.9 Å². The molecule has 1 aromatic heterocycles. The highest BCUT2D eigenvalue weighted by Crippen LogP contribution is 2.33. The molecule has 2 aliphatic rings. The van der Waals surface area contributed by atoms with Crippen molar-refractivity contribution < 1.29 is 4.79 Å². The largest absolute Gasteiger partial charge is 0.336 e. The molecule has 5 heteroatoms. The molecule has 28 heavy (non-hydrogen) atoms. The highest BCUT2D eigenvalue weighted by atomic mass is 16.2. The van der Waals surface area contributed by atoms with Crippen molar-refractivity contribution in [2.45, 2.75) is 71.5 Å². The number of carbonyl (C=O) groups excluding carboxylic acids is 1. The maximum Gasteiger partial charge on any atom is 0.226 e. The predicted molar refractivity (Wildman–Crippen MR) is 111 cm³/mol.